The summed E-state index contributed by atoms with van der Waals surface area (Å²) in [4.78, 5) is 3.83. The predicted octanol–water partition coefficient (Wildman–Crippen LogP) is 3.27. The zero-order valence-electron chi connectivity index (χ0n) is 9.41. The van der Waals surface area contributed by atoms with E-state index in [9.17, 15) is 13.2 Å². The van der Waals surface area contributed by atoms with Gasteiger partial charge in [0.1, 0.15) is 0 Å². The molecule has 0 bridgehead atoms. The first-order valence-electron chi connectivity index (χ1n) is 5.31. The Hall–Kier alpha value is -2.04. The van der Waals surface area contributed by atoms with Crippen LogP contribution in [0.3, 0.4) is 0 Å². The Labute approximate surface area is 102 Å². The molecule has 94 valence electrons. The van der Waals surface area contributed by atoms with Gasteiger partial charge in [0.05, 0.1) is 5.56 Å². The van der Waals surface area contributed by atoms with Crippen molar-refractivity contribution in [3.63, 3.8) is 0 Å². The number of nitrogens with two attached hydrogens (primary N) is 1. The molecule has 0 aliphatic carbocycles. The molecule has 18 heavy (non-hydrogen) atoms. The summed E-state index contributed by atoms with van der Waals surface area (Å²) in [6.07, 6.45) is -1.07. The minimum absolute atomic E-state index is 0.112. The number of benzene rings is 1. The largest absolute Gasteiger partial charge is 0.416 e. The summed E-state index contributed by atoms with van der Waals surface area (Å²) in [6.45, 7) is 0. The summed E-state index contributed by atoms with van der Waals surface area (Å²) < 4.78 is 38.6. The fourth-order valence-corrected chi connectivity index (χ4v) is 1.73. The number of anilines is 1. The smallest absolute Gasteiger partial charge is 0.399 e. The first-order valence-corrected chi connectivity index (χ1v) is 5.31. The lowest BCUT2D eigenvalue weighted by Gasteiger charge is -2.13. The summed E-state index contributed by atoms with van der Waals surface area (Å²) in [5.41, 5.74) is 5.83. The Bertz CT molecular complexity index is 536. The van der Waals surface area contributed by atoms with Crippen molar-refractivity contribution in [2.75, 3.05) is 5.73 Å². The molecule has 0 fully saturated rings. The number of nitrogen functional groups attached to an aromatic ring is 1. The van der Waals surface area contributed by atoms with Crippen LogP contribution in [-0.4, -0.2) is 4.98 Å². The van der Waals surface area contributed by atoms with Crippen LogP contribution in [0.5, 0.6) is 0 Å². The van der Waals surface area contributed by atoms with Gasteiger partial charge in [0.15, 0.2) is 0 Å². The number of nitrogens with zero attached hydrogens (tertiary/aromatic N) is 1. The lowest BCUT2D eigenvalue weighted by atomic mass is 9.99. The molecule has 0 unspecified atom stereocenters. The van der Waals surface area contributed by atoms with Crippen molar-refractivity contribution in [1.82, 2.24) is 4.98 Å². The molecule has 1 heterocycles. The van der Waals surface area contributed by atoms with Crippen molar-refractivity contribution in [2.24, 2.45) is 0 Å². The van der Waals surface area contributed by atoms with Crippen LogP contribution >= 0.6 is 0 Å². The van der Waals surface area contributed by atoms with Crippen LogP contribution in [0.1, 0.15) is 16.7 Å². The van der Waals surface area contributed by atoms with E-state index < -0.39 is 11.7 Å². The van der Waals surface area contributed by atoms with E-state index in [1.165, 1.54) is 12.1 Å². The molecule has 0 amide bonds. The topological polar surface area (TPSA) is 38.9 Å². The van der Waals surface area contributed by atoms with Gasteiger partial charge < -0.3 is 5.73 Å². The molecule has 0 radical (unpaired) electrons. The molecule has 0 saturated carbocycles. The van der Waals surface area contributed by atoms with Crippen molar-refractivity contribution < 1.29 is 13.2 Å². The molecule has 1 aromatic heterocycles. The van der Waals surface area contributed by atoms with E-state index >= 15 is 0 Å². The van der Waals surface area contributed by atoms with Gasteiger partial charge in [0.2, 0.25) is 0 Å². The highest BCUT2D eigenvalue weighted by Crippen LogP contribution is 2.34. The average Bonchev–Trinajstić information content (AvgIpc) is 2.31. The second kappa shape index (κ2) is 4.68. The Morgan fingerprint density at radius 3 is 2.33 bits per heavy atom. The van der Waals surface area contributed by atoms with Crippen LogP contribution in [0.25, 0.3) is 0 Å². The second-order valence-electron chi connectivity index (χ2n) is 3.95. The van der Waals surface area contributed by atoms with E-state index in [4.69, 9.17) is 5.73 Å². The molecule has 0 spiro atoms. The predicted molar refractivity (Wildman–Crippen MR) is 62.9 cm³/mol. The first-order chi connectivity index (χ1) is 8.47. The Morgan fingerprint density at radius 2 is 1.72 bits per heavy atom. The van der Waals surface area contributed by atoms with Crippen molar-refractivity contribution in [2.45, 2.75) is 12.6 Å². The summed E-state index contributed by atoms with van der Waals surface area (Å²) in [7, 11) is 0. The van der Waals surface area contributed by atoms with Gasteiger partial charge in [-0.25, -0.2) is 0 Å². The maximum Gasteiger partial charge on any atom is 0.416 e. The van der Waals surface area contributed by atoms with Gasteiger partial charge in [-0.3, -0.25) is 4.98 Å². The zero-order chi connectivity index (χ0) is 13.2. The summed E-state index contributed by atoms with van der Waals surface area (Å²) in [5.74, 6) is 0. The highest BCUT2D eigenvalue weighted by molar-refractivity contribution is 5.47. The molecule has 0 aliphatic heterocycles. The molecule has 0 saturated heterocycles. The number of alkyl halides is 3. The summed E-state index contributed by atoms with van der Waals surface area (Å²) in [5, 5.41) is 0. The van der Waals surface area contributed by atoms with Gasteiger partial charge >= 0.3 is 6.18 Å². The standard InChI is InChI=1S/C13H11F3N2/c14-13(15,16)12-8-11(17)2-1-10(12)7-9-3-5-18-6-4-9/h1-6,8H,7,17H2. The molecule has 2 N–H and O–H groups in total. The third-order valence-electron chi connectivity index (χ3n) is 2.58. The zero-order valence-corrected chi connectivity index (χ0v) is 9.41. The fraction of sp³-hybridized carbons (Fsp3) is 0.154. The minimum atomic E-state index is -4.39. The summed E-state index contributed by atoms with van der Waals surface area (Å²) in [6, 6.07) is 7.24. The van der Waals surface area contributed by atoms with Crippen molar-refractivity contribution in [3.8, 4) is 0 Å². The molecule has 5 heteroatoms. The second-order valence-corrected chi connectivity index (χ2v) is 3.95. The number of rotatable bonds is 2. The van der Waals surface area contributed by atoms with E-state index in [2.05, 4.69) is 4.98 Å². The van der Waals surface area contributed by atoms with E-state index in [1.54, 1.807) is 24.5 Å². The lowest BCUT2D eigenvalue weighted by molar-refractivity contribution is -0.138. The van der Waals surface area contributed by atoms with Crippen LogP contribution in [0.15, 0.2) is 42.7 Å². The first kappa shape index (κ1) is 12.4. The van der Waals surface area contributed by atoms with Crippen molar-refractivity contribution in [1.29, 1.82) is 0 Å². The van der Waals surface area contributed by atoms with Crippen LogP contribution in [0.2, 0.25) is 0 Å². The van der Waals surface area contributed by atoms with Gasteiger partial charge in [0.25, 0.3) is 0 Å². The highest BCUT2D eigenvalue weighted by atomic mass is 19.4. The summed E-state index contributed by atoms with van der Waals surface area (Å²) >= 11 is 0. The van der Waals surface area contributed by atoms with Crippen LogP contribution in [0.4, 0.5) is 18.9 Å². The van der Waals surface area contributed by atoms with Gasteiger partial charge in [0, 0.05) is 18.1 Å². The molecule has 1 aromatic carbocycles. The van der Waals surface area contributed by atoms with Gasteiger partial charge in [-0.2, -0.15) is 13.2 Å². The number of hydrogen-bond acceptors (Lipinski definition) is 2. The maximum atomic E-state index is 12.9. The van der Waals surface area contributed by atoms with Crippen LogP contribution in [0, 0.1) is 0 Å². The van der Waals surface area contributed by atoms with E-state index in [-0.39, 0.29) is 17.7 Å². The number of halogens is 3. The molecular formula is C13H11F3N2. The van der Waals surface area contributed by atoms with Crippen LogP contribution in [-0.2, 0) is 12.6 Å². The Morgan fingerprint density at radius 1 is 1.06 bits per heavy atom. The highest BCUT2D eigenvalue weighted by Gasteiger charge is 2.33. The van der Waals surface area contributed by atoms with Crippen molar-refractivity contribution in [3.05, 3.63) is 59.4 Å². The molecule has 2 rings (SSSR count). The number of hydrogen-bond donors (Lipinski definition) is 1. The van der Waals surface area contributed by atoms with E-state index in [1.807, 2.05) is 0 Å². The molecular weight excluding hydrogens is 241 g/mol. The quantitative estimate of drug-likeness (QED) is 0.833. The van der Waals surface area contributed by atoms with Crippen LogP contribution < -0.4 is 5.73 Å². The average molecular weight is 252 g/mol. The number of pyridine rings is 1. The Kier molecular flexibility index (Phi) is 3.23. The third kappa shape index (κ3) is 2.80. The molecule has 2 nitrogen and oxygen atoms in total. The van der Waals surface area contributed by atoms with E-state index in [0.29, 0.717) is 0 Å². The SMILES string of the molecule is Nc1ccc(Cc2ccncc2)c(C(F)(F)F)c1. The van der Waals surface area contributed by atoms with Crippen molar-refractivity contribution >= 4 is 5.69 Å². The monoisotopic (exact) mass is 252 g/mol. The molecule has 0 atom stereocenters. The number of aromatic nitrogens is 1. The third-order valence-corrected chi connectivity index (χ3v) is 2.58. The normalized spacial score (nSPS) is 11.5. The Balaban J connectivity index is 2.39. The lowest BCUT2D eigenvalue weighted by Crippen LogP contribution is -2.10. The molecule has 2 aromatic rings. The van der Waals surface area contributed by atoms with Gasteiger partial charge in [-0.15, -0.1) is 0 Å². The van der Waals surface area contributed by atoms with Gasteiger partial charge in [-0.05, 0) is 41.8 Å². The maximum absolute atomic E-state index is 12.9. The van der Waals surface area contributed by atoms with E-state index in [0.717, 1.165) is 11.6 Å². The molecule has 0 aliphatic rings. The minimum Gasteiger partial charge on any atom is -0.399 e. The van der Waals surface area contributed by atoms with Gasteiger partial charge in [-0.1, -0.05) is 6.07 Å². The fourth-order valence-electron chi connectivity index (χ4n) is 1.73.